The van der Waals surface area contributed by atoms with Crippen molar-refractivity contribution in [1.82, 2.24) is 10.3 Å². The molecule has 0 bridgehead atoms. The van der Waals surface area contributed by atoms with E-state index in [0.717, 1.165) is 24.1 Å². The van der Waals surface area contributed by atoms with Crippen molar-refractivity contribution in [3.8, 4) is 0 Å². The van der Waals surface area contributed by atoms with E-state index in [9.17, 15) is 0 Å². The highest BCUT2D eigenvalue weighted by Crippen LogP contribution is 2.29. The van der Waals surface area contributed by atoms with Gasteiger partial charge in [-0.15, -0.1) is 11.3 Å². The molecule has 0 aromatic carbocycles. The van der Waals surface area contributed by atoms with E-state index in [-0.39, 0.29) is 0 Å². The Morgan fingerprint density at radius 1 is 1.44 bits per heavy atom. The molecule has 0 spiro atoms. The van der Waals surface area contributed by atoms with Gasteiger partial charge in [-0.3, -0.25) is 0 Å². The molecule has 1 aromatic rings. The first-order chi connectivity index (χ1) is 7.66. The molecule has 0 radical (unpaired) electrons. The highest BCUT2D eigenvalue weighted by Gasteiger charge is 2.26. The Labute approximate surface area is 102 Å². The van der Waals surface area contributed by atoms with Crippen molar-refractivity contribution in [1.29, 1.82) is 0 Å². The highest BCUT2D eigenvalue weighted by molar-refractivity contribution is 7.09. The quantitative estimate of drug-likeness (QED) is 0.873. The molecular formula is C13H22N2S. The molecule has 1 aromatic heterocycles. The SMILES string of the molecule is Cc1csc(CNC2CCCC(C)C2C)n1. The van der Waals surface area contributed by atoms with E-state index in [0.29, 0.717) is 6.04 Å². The third-order valence-corrected chi connectivity index (χ3v) is 4.86. The Kier molecular flexibility index (Phi) is 3.98. The third kappa shape index (κ3) is 2.83. The summed E-state index contributed by atoms with van der Waals surface area (Å²) in [7, 11) is 0. The minimum Gasteiger partial charge on any atom is -0.307 e. The summed E-state index contributed by atoms with van der Waals surface area (Å²) in [5.74, 6) is 1.67. The fraction of sp³-hybridized carbons (Fsp3) is 0.769. The first kappa shape index (κ1) is 12.1. The average Bonchev–Trinajstić information content (AvgIpc) is 2.67. The molecule has 1 N–H and O–H groups in total. The minimum absolute atomic E-state index is 0.688. The number of aryl methyl sites for hydroxylation is 1. The van der Waals surface area contributed by atoms with E-state index >= 15 is 0 Å². The van der Waals surface area contributed by atoms with Crippen LogP contribution in [0.15, 0.2) is 5.38 Å². The van der Waals surface area contributed by atoms with Gasteiger partial charge in [0.15, 0.2) is 0 Å². The van der Waals surface area contributed by atoms with Gasteiger partial charge in [0.05, 0.1) is 0 Å². The number of hydrogen-bond donors (Lipinski definition) is 1. The van der Waals surface area contributed by atoms with Crippen LogP contribution in [0.1, 0.15) is 43.8 Å². The molecule has 1 heterocycles. The van der Waals surface area contributed by atoms with Crippen molar-refractivity contribution in [2.45, 2.75) is 52.6 Å². The normalized spacial score (nSPS) is 30.6. The van der Waals surface area contributed by atoms with E-state index < -0.39 is 0 Å². The second kappa shape index (κ2) is 5.28. The summed E-state index contributed by atoms with van der Waals surface area (Å²) < 4.78 is 0. The van der Waals surface area contributed by atoms with Crippen LogP contribution in [-0.4, -0.2) is 11.0 Å². The van der Waals surface area contributed by atoms with Gasteiger partial charge in [-0.1, -0.05) is 26.7 Å². The predicted octanol–water partition coefficient (Wildman–Crippen LogP) is 3.37. The number of rotatable bonds is 3. The van der Waals surface area contributed by atoms with E-state index in [4.69, 9.17) is 0 Å². The van der Waals surface area contributed by atoms with Crippen LogP contribution in [0.4, 0.5) is 0 Å². The molecule has 1 fully saturated rings. The number of hydrogen-bond acceptors (Lipinski definition) is 3. The highest BCUT2D eigenvalue weighted by atomic mass is 32.1. The fourth-order valence-electron chi connectivity index (χ4n) is 2.57. The van der Waals surface area contributed by atoms with Gasteiger partial charge in [-0.05, 0) is 25.2 Å². The summed E-state index contributed by atoms with van der Waals surface area (Å²) in [6, 6.07) is 0.688. The van der Waals surface area contributed by atoms with Gasteiger partial charge >= 0.3 is 0 Å². The maximum atomic E-state index is 4.50. The second-order valence-electron chi connectivity index (χ2n) is 5.14. The maximum Gasteiger partial charge on any atom is 0.107 e. The van der Waals surface area contributed by atoms with Gasteiger partial charge in [0, 0.05) is 23.7 Å². The van der Waals surface area contributed by atoms with Crippen LogP contribution in [0, 0.1) is 18.8 Å². The lowest BCUT2D eigenvalue weighted by atomic mass is 9.78. The van der Waals surface area contributed by atoms with Crippen LogP contribution >= 0.6 is 11.3 Å². The monoisotopic (exact) mass is 238 g/mol. The minimum atomic E-state index is 0.688. The van der Waals surface area contributed by atoms with Gasteiger partial charge in [-0.25, -0.2) is 4.98 Å². The smallest absolute Gasteiger partial charge is 0.107 e. The summed E-state index contributed by atoms with van der Waals surface area (Å²) in [5.41, 5.74) is 1.15. The van der Waals surface area contributed by atoms with Crippen molar-refractivity contribution in [2.24, 2.45) is 11.8 Å². The Morgan fingerprint density at radius 3 is 2.94 bits per heavy atom. The van der Waals surface area contributed by atoms with Gasteiger partial charge in [0.1, 0.15) is 5.01 Å². The summed E-state index contributed by atoms with van der Waals surface area (Å²) in [6.07, 6.45) is 4.10. The lowest BCUT2D eigenvalue weighted by molar-refractivity contribution is 0.206. The number of nitrogens with zero attached hydrogens (tertiary/aromatic N) is 1. The first-order valence-corrected chi connectivity index (χ1v) is 7.19. The summed E-state index contributed by atoms with van der Waals surface area (Å²) >= 11 is 1.77. The first-order valence-electron chi connectivity index (χ1n) is 6.31. The molecule has 0 aliphatic heterocycles. The van der Waals surface area contributed by atoms with Gasteiger partial charge in [0.2, 0.25) is 0 Å². The lowest BCUT2D eigenvalue weighted by Gasteiger charge is -2.34. The van der Waals surface area contributed by atoms with Crippen molar-refractivity contribution in [3.05, 3.63) is 16.1 Å². The maximum absolute atomic E-state index is 4.50. The van der Waals surface area contributed by atoms with Gasteiger partial charge in [0.25, 0.3) is 0 Å². The molecule has 1 aliphatic rings. The zero-order valence-electron chi connectivity index (χ0n) is 10.5. The molecule has 3 unspecified atom stereocenters. The van der Waals surface area contributed by atoms with Crippen molar-refractivity contribution < 1.29 is 0 Å². The Morgan fingerprint density at radius 2 is 2.25 bits per heavy atom. The van der Waals surface area contributed by atoms with Crippen LogP contribution in [0.5, 0.6) is 0 Å². The van der Waals surface area contributed by atoms with E-state index in [1.807, 2.05) is 0 Å². The van der Waals surface area contributed by atoms with Crippen molar-refractivity contribution in [3.63, 3.8) is 0 Å². The zero-order chi connectivity index (χ0) is 11.5. The molecule has 2 nitrogen and oxygen atoms in total. The molecule has 0 amide bonds. The molecule has 16 heavy (non-hydrogen) atoms. The van der Waals surface area contributed by atoms with Crippen molar-refractivity contribution in [2.75, 3.05) is 0 Å². The molecule has 3 atom stereocenters. The van der Waals surface area contributed by atoms with Crippen LogP contribution in [0.25, 0.3) is 0 Å². The molecule has 3 heteroatoms. The molecule has 1 saturated carbocycles. The van der Waals surface area contributed by atoms with Crippen LogP contribution in [0.3, 0.4) is 0 Å². The summed E-state index contributed by atoms with van der Waals surface area (Å²) in [4.78, 5) is 4.50. The van der Waals surface area contributed by atoms with Crippen LogP contribution in [-0.2, 0) is 6.54 Å². The van der Waals surface area contributed by atoms with Gasteiger partial charge < -0.3 is 5.32 Å². The molecule has 0 saturated heterocycles. The van der Waals surface area contributed by atoms with Crippen LogP contribution in [0.2, 0.25) is 0 Å². The van der Waals surface area contributed by atoms with Crippen molar-refractivity contribution >= 4 is 11.3 Å². The Balaban J connectivity index is 1.85. The van der Waals surface area contributed by atoms with E-state index in [1.54, 1.807) is 11.3 Å². The second-order valence-corrected chi connectivity index (χ2v) is 6.08. The van der Waals surface area contributed by atoms with Crippen LogP contribution < -0.4 is 5.32 Å². The summed E-state index contributed by atoms with van der Waals surface area (Å²) in [5, 5.41) is 7.03. The van der Waals surface area contributed by atoms with E-state index in [1.165, 1.54) is 24.3 Å². The number of nitrogens with one attached hydrogen (secondary N) is 1. The lowest BCUT2D eigenvalue weighted by Crippen LogP contribution is -2.40. The predicted molar refractivity (Wildman–Crippen MR) is 69.7 cm³/mol. The summed E-state index contributed by atoms with van der Waals surface area (Å²) in [6.45, 7) is 7.77. The molecule has 2 rings (SSSR count). The molecule has 90 valence electrons. The third-order valence-electron chi connectivity index (χ3n) is 3.89. The standard InChI is InChI=1S/C13H22N2S/c1-9-5-4-6-12(11(9)3)14-7-13-15-10(2)8-16-13/h8-9,11-12,14H,4-7H2,1-3H3. The molecule has 1 aliphatic carbocycles. The number of thiazole rings is 1. The topological polar surface area (TPSA) is 24.9 Å². The number of aromatic nitrogens is 1. The average molecular weight is 238 g/mol. The fourth-order valence-corrected chi connectivity index (χ4v) is 3.30. The largest absolute Gasteiger partial charge is 0.307 e. The Bertz CT molecular complexity index is 334. The molecular weight excluding hydrogens is 216 g/mol. The zero-order valence-corrected chi connectivity index (χ0v) is 11.3. The van der Waals surface area contributed by atoms with E-state index in [2.05, 4.69) is 36.5 Å². The Hall–Kier alpha value is -0.410. The van der Waals surface area contributed by atoms with Gasteiger partial charge in [-0.2, -0.15) is 0 Å².